The van der Waals surface area contributed by atoms with Crippen LogP contribution in [0, 0.1) is 0 Å². The maximum atomic E-state index is 5.39. The SMILES string of the molecule is COc1ccccc1C(Br)Cc1cccc(Br)c1. The Morgan fingerprint density at radius 2 is 1.89 bits per heavy atom. The number of ether oxygens (including phenoxy) is 1. The lowest BCUT2D eigenvalue weighted by molar-refractivity contribution is 0.409. The van der Waals surface area contributed by atoms with Gasteiger partial charge in [-0.3, -0.25) is 0 Å². The number of benzene rings is 2. The van der Waals surface area contributed by atoms with E-state index in [0.717, 1.165) is 16.6 Å². The van der Waals surface area contributed by atoms with E-state index < -0.39 is 0 Å². The maximum Gasteiger partial charge on any atom is 0.123 e. The van der Waals surface area contributed by atoms with Gasteiger partial charge < -0.3 is 4.74 Å². The third-order valence-corrected chi connectivity index (χ3v) is 4.09. The predicted molar refractivity (Wildman–Crippen MR) is 82.5 cm³/mol. The first-order chi connectivity index (χ1) is 8.70. The fourth-order valence-electron chi connectivity index (χ4n) is 1.91. The molecular formula is C15H14Br2O. The Morgan fingerprint density at radius 3 is 2.61 bits per heavy atom. The van der Waals surface area contributed by atoms with Crippen LogP contribution in [0.4, 0.5) is 0 Å². The van der Waals surface area contributed by atoms with Gasteiger partial charge in [-0.05, 0) is 30.2 Å². The standard InChI is InChI=1S/C15H14Br2O/c1-18-15-8-3-2-7-13(15)14(17)10-11-5-4-6-12(16)9-11/h2-9,14H,10H2,1H3. The van der Waals surface area contributed by atoms with Crippen LogP contribution in [0.3, 0.4) is 0 Å². The number of methoxy groups -OCH3 is 1. The highest BCUT2D eigenvalue weighted by Crippen LogP contribution is 2.33. The Balaban J connectivity index is 2.19. The molecule has 0 aliphatic heterocycles. The van der Waals surface area contributed by atoms with E-state index in [1.165, 1.54) is 11.1 Å². The van der Waals surface area contributed by atoms with E-state index in [4.69, 9.17) is 4.74 Å². The number of para-hydroxylation sites is 1. The zero-order valence-electron chi connectivity index (χ0n) is 10.1. The largest absolute Gasteiger partial charge is 0.496 e. The number of rotatable bonds is 4. The summed E-state index contributed by atoms with van der Waals surface area (Å²) in [7, 11) is 1.71. The van der Waals surface area contributed by atoms with Crippen LogP contribution in [0.1, 0.15) is 16.0 Å². The van der Waals surface area contributed by atoms with Gasteiger partial charge in [0.2, 0.25) is 0 Å². The lowest BCUT2D eigenvalue weighted by Gasteiger charge is -2.14. The molecule has 0 fully saturated rings. The van der Waals surface area contributed by atoms with Crippen LogP contribution >= 0.6 is 31.9 Å². The summed E-state index contributed by atoms with van der Waals surface area (Å²) >= 11 is 7.24. The van der Waals surface area contributed by atoms with Crippen LogP contribution in [0.2, 0.25) is 0 Å². The molecule has 3 heteroatoms. The van der Waals surface area contributed by atoms with Gasteiger partial charge in [0.25, 0.3) is 0 Å². The smallest absolute Gasteiger partial charge is 0.123 e. The summed E-state index contributed by atoms with van der Waals surface area (Å²) in [5, 5.41) is 0. The van der Waals surface area contributed by atoms with Crippen LogP contribution < -0.4 is 4.74 Å². The van der Waals surface area contributed by atoms with E-state index in [1.807, 2.05) is 24.3 Å². The molecule has 1 nitrogen and oxygen atoms in total. The molecule has 18 heavy (non-hydrogen) atoms. The highest BCUT2D eigenvalue weighted by atomic mass is 79.9. The average Bonchev–Trinajstić information content (AvgIpc) is 2.38. The molecule has 0 radical (unpaired) electrons. The van der Waals surface area contributed by atoms with Crippen LogP contribution in [0.5, 0.6) is 5.75 Å². The summed E-state index contributed by atoms with van der Waals surface area (Å²) in [5.74, 6) is 0.925. The summed E-state index contributed by atoms with van der Waals surface area (Å²) in [6.45, 7) is 0. The first kappa shape index (κ1) is 13.6. The van der Waals surface area contributed by atoms with Crippen molar-refractivity contribution in [2.45, 2.75) is 11.2 Å². The van der Waals surface area contributed by atoms with E-state index in [-0.39, 0.29) is 4.83 Å². The number of alkyl halides is 1. The number of hydrogen-bond donors (Lipinski definition) is 0. The molecule has 0 N–H and O–H groups in total. The van der Waals surface area contributed by atoms with Crippen molar-refractivity contribution in [3.05, 3.63) is 64.1 Å². The first-order valence-electron chi connectivity index (χ1n) is 5.72. The molecule has 2 aromatic carbocycles. The molecule has 0 amide bonds. The molecular weight excluding hydrogens is 356 g/mol. The van der Waals surface area contributed by atoms with Crippen LogP contribution in [0.25, 0.3) is 0 Å². The fraction of sp³-hybridized carbons (Fsp3) is 0.200. The lowest BCUT2D eigenvalue weighted by atomic mass is 10.0. The van der Waals surface area contributed by atoms with Crippen LogP contribution in [0.15, 0.2) is 53.0 Å². The van der Waals surface area contributed by atoms with Crippen LogP contribution in [-0.4, -0.2) is 7.11 Å². The predicted octanol–water partition coefficient (Wildman–Crippen LogP) is 5.14. The molecule has 2 aromatic rings. The quantitative estimate of drug-likeness (QED) is 0.678. The van der Waals surface area contributed by atoms with Gasteiger partial charge in [-0.15, -0.1) is 0 Å². The van der Waals surface area contributed by atoms with Gasteiger partial charge in [0.15, 0.2) is 0 Å². The minimum atomic E-state index is 0.253. The molecule has 0 spiro atoms. The third-order valence-electron chi connectivity index (χ3n) is 2.78. The van der Waals surface area contributed by atoms with E-state index in [1.54, 1.807) is 7.11 Å². The summed E-state index contributed by atoms with van der Waals surface area (Å²) in [6.07, 6.45) is 0.930. The minimum absolute atomic E-state index is 0.253. The molecule has 1 atom stereocenters. The van der Waals surface area contributed by atoms with Gasteiger partial charge in [-0.1, -0.05) is 62.2 Å². The first-order valence-corrected chi connectivity index (χ1v) is 7.43. The van der Waals surface area contributed by atoms with Crippen molar-refractivity contribution < 1.29 is 4.74 Å². The lowest BCUT2D eigenvalue weighted by Crippen LogP contribution is -1.98. The van der Waals surface area contributed by atoms with Crippen LogP contribution in [-0.2, 0) is 6.42 Å². The topological polar surface area (TPSA) is 9.23 Å². The average molecular weight is 370 g/mol. The van der Waals surface area contributed by atoms with Crippen molar-refractivity contribution >= 4 is 31.9 Å². The Kier molecular flexibility index (Phi) is 4.84. The zero-order chi connectivity index (χ0) is 13.0. The normalized spacial score (nSPS) is 12.2. The summed E-state index contributed by atoms with van der Waals surface area (Å²) in [4.78, 5) is 0.253. The van der Waals surface area contributed by atoms with Gasteiger partial charge in [-0.2, -0.15) is 0 Å². The third kappa shape index (κ3) is 3.36. The molecule has 0 bridgehead atoms. The van der Waals surface area contributed by atoms with E-state index in [2.05, 4.69) is 56.1 Å². The highest BCUT2D eigenvalue weighted by Gasteiger charge is 2.13. The fourth-order valence-corrected chi connectivity index (χ4v) is 3.10. The second-order valence-corrected chi connectivity index (χ2v) is 6.06. The Labute approximate surface area is 124 Å². The summed E-state index contributed by atoms with van der Waals surface area (Å²) in [6, 6.07) is 16.5. The van der Waals surface area contributed by atoms with Crippen molar-refractivity contribution in [2.24, 2.45) is 0 Å². The van der Waals surface area contributed by atoms with Gasteiger partial charge in [-0.25, -0.2) is 0 Å². The Morgan fingerprint density at radius 1 is 1.11 bits per heavy atom. The number of halogens is 2. The zero-order valence-corrected chi connectivity index (χ0v) is 13.2. The molecule has 0 saturated heterocycles. The Bertz CT molecular complexity index is 525. The maximum absolute atomic E-state index is 5.39. The highest BCUT2D eigenvalue weighted by molar-refractivity contribution is 9.10. The minimum Gasteiger partial charge on any atom is -0.496 e. The van der Waals surface area contributed by atoms with E-state index >= 15 is 0 Å². The van der Waals surface area contributed by atoms with Crippen molar-refractivity contribution in [3.63, 3.8) is 0 Å². The van der Waals surface area contributed by atoms with Gasteiger partial charge >= 0.3 is 0 Å². The van der Waals surface area contributed by atoms with Gasteiger partial charge in [0, 0.05) is 14.9 Å². The van der Waals surface area contributed by atoms with Crippen molar-refractivity contribution in [3.8, 4) is 5.75 Å². The number of hydrogen-bond acceptors (Lipinski definition) is 1. The Hall–Kier alpha value is -0.800. The molecule has 2 rings (SSSR count). The van der Waals surface area contributed by atoms with Gasteiger partial charge in [0.05, 0.1) is 7.11 Å². The molecule has 0 heterocycles. The van der Waals surface area contributed by atoms with Crippen molar-refractivity contribution in [1.29, 1.82) is 0 Å². The van der Waals surface area contributed by atoms with Crippen molar-refractivity contribution in [1.82, 2.24) is 0 Å². The second-order valence-electron chi connectivity index (χ2n) is 4.04. The molecule has 94 valence electrons. The second kappa shape index (κ2) is 6.39. The molecule has 1 unspecified atom stereocenters. The van der Waals surface area contributed by atoms with Gasteiger partial charge in [0.1, 0.15) is 5.75 Å². The monoisotopic (exact) mass is 368 g/mol. The molecule has 0 saturated carbocycles. The molecule has 0 aromatic heterocycles. The van der Waals surface area contributed by atoms with Crippen molar-refractivity contribution in [2.75, 3.05) is 7.11 Å². The summed E-state index contributed by atoms with van der Waals surface area (Å²) < 4.78 is 6.50. The van der Waals surface area contributed by atoms with E-state index in [0.29, 0.717) is 0 Å². The molecule has 0 aliphatic rings. The van der Waals surface area contributed by atoms with E-state index in [9.17, 15) is 0 Å². The summed E-state index contributed by atoms with van der Waals surface area (Å²) in [5.41, 5.74) is 2.47. The molecule has 0 aliphatic carbocycles.